The van der Waals surface area contributed by atoms with Gasteiger partial charge in [-0.05, 0) is 63.0 Å². The van der Waals surface area contributed by atoms with E-state index < -0.39 is 0 Å². The van der Waals surface area contributed by atoms with Crippen molar-refractivity contribution in [1.82, 2.24) is 9.97 Å². The molecule has 0 spiro atoms. The Morgan fingerprint density at radius 3 is 1.64 bits per heavy atom. The van der Waals surface area contributed by atoms with Crippen LogP contribution in [0.3, 0.4) is 0 Å². The normalized spacial score (nSPS) is 11.3. The lowest BCUT2D eigenvalue weighted by Crippen LogP contribution is -1.93. The molecule has 0 aliphatic carbocycles. The minimum absolute atomic E-state index is 0.972. The van der Waals surface area contributed by atoms with Crippen LogP contribution in [0.2, 0.25) is 0 Å². The fraction of sp³-hybridized carbons (Fsp3) is 0. The lowest BCUT2D eigenvalue weighted by Gasteiger charge is -2.16. The first-order valence-corrected chi connectivity index (χ1v) is 14.3. The second kappa shape index (κ2) is 10.1. The number of fused-ring (bicyclic) bond motifs is 4. The van der Waals surface area contributed by atoms with Gasteiger partial charge in [0.1, 0.15) is 0 Å². The molecule has 6 aromatic carbocycles. The lowest BCUT2D eigenvalue weighted by molar-refractivity contribution is 1.40. The maximum absolute atomic E-state index is 5.29. The molecule has 0 amide bonds. The van der Waals surface area contributed by atoms with Crippen molar-refractivity contribution in [2.75, 3.05) is 0 Å². The van der Waals surface area contributed by atoms with Crippen LogP contribution in [-0.4, -0.2) is 9.97 Å². The topological polar surface area (TPSA) is 25.8 Å². The third-order valence-electron chi connectivity index (χ3n) is 8.13. The predicted molar refractivity (Wildman–Crippen MR) is 176 cm³/mol. The number of rotatable bonds is 4. The summed E-state index contributed by atoms with van der Waals surface area (Å²) in [5.74, 6) is 0. The lowest BCUT2D eigenvalue weighted by atomic mass is 9.90. The number of hydrogen-bond acceptors (Lipinski definition) is 2. The van der Waals surface area contributed by atoms with Crippen LogP contribution in [0, 0.1) is 0 Å². The Labute approximate surface area is 244 Å². The fourth-order valence-corrected chi connectivity index (χ4v) is 6.08. The largest absolute Gasteiger partial charge is 0.256 e. The molecule has 2 heteroatoms. The Balaban J connectivity index is 1.39. The zero-order valence-corrected chi connectivity index (χ0v) is 22.9. The monoisotopic (exact) mass is 534 g/mol. The first-order valence-electron chi connectivity index (χ1n) is 14.3. The fourth-order valence-electron chi connectivity index (χ4n) is 6.08. The van der Waals surface area contributed by atoms with E-state index in [-0.39, 0.29) is 0 Å². The number of para-hydroxylation sites is 1. The summed E-state index contributed by atoms with van der Waals surface area (Å²) in [5.41, 5.74) is 11.2. The van der Waals surface area contributed by atoms with E-state index in [4.69, 9.17) is 4.98 Å². The molecule has 0 aliphatic heterocycles. The Morgan fingerprint density at radius 2 is 0.905 bits per heavy atom. The molecule has 2 heterocycles. The highest BCUT2D eigenvalue weighted by Gasteiger charge is 2.16. The van der Waals surface area contributed by atoms with Gasteiger partial charge >= 0.3 is 0 Å². The number of aromatic nitrogens is 2. The molecule has 0 saturated carbocycles. The van der Waals surface area contributed by atoms with Crippen LogP contribution in [0.1, 0.15) is 0 Å². The summed E-state index contributed by atoms with van der Waals surface area (Å²) in [4.78, 5) is 9.84. The van der Waals surface area contributed by atoms with Gasteiger partial charge in [-0.15, -0.1) is 0 Å². The molecule has 196 valence electrons. The van der Waals surface area contributed by atoms with Crippen molar-refractivity contribution in [1.29, 1.82) is 0 Å². The van der Waals surface area contributed by atoms with Gasteiger partial charge in [-0.3, -0.25) is 4.98 Å². The quantitative estimate of drug-likeness (QED) is 0.210. The summed E-state index contributed by atoms with van der Waals surface area (Å²) in [5, 5.41) is 4.68. The predicted octanol–water partition coefficient (Wildman–Crippen LogP) is 10.6. The van der Waals surface area contributed by atoms with Crippen LogP contribution < -0.4 is 0 Å². The maximum Gasteiger partial charge on any atom is 0.0794 e. The molecule has 8 aromatic rings. The van der Waals surface area contributed by atoms with Crippen LogP contribution in [0.15, 0.2) is 158 Å². The number of benzene rings is 6. The van der Waals surface area contributed by atoms with Crippen molar-refractivity contribution >= 4 is 32.6 Å². The van der Waals surface area contributed by atoms with Gasteiger partial charge in [0.05, 0.1) is 16.7 Å². The van der Waals surface area contributed by atoms with Crippen LogP contribution in [0.25, 0.3) is 77.2 Å². The van der Waals surface area contributed by atoms with E-state index in [1.807, 2.05) is 12.3 Å². The van der Waals surface area contributed by atoms with E-state index in [1.54, 1.807) is 0 Å². The highest BCUT2D eigenvalue weighted by molar-refractivity contribution is 6.16. The second-order valence-electron chi connectivity index (χ2n) is 10.6. The number of pyridine rings is 2. The van der Waals surface area contributed by atoms with E-state index in [0.29, 0.717) is 0 Å². The van der Waals surface area contributed by atoms with E-state index >= 15 is 0 Å². The van der Waals surface area contributed by atoms with Crippen molar-refractivity contribution in [3.05, 3.63) is 158 Å². The smallest absolute Gasteiger partial charge is 0.0794 e. The molecular formula is C40H26N2. The molecule has 8 rings (SSSR count). The average Bonchev–Trinajstić information content (AvgIpc) is 3.08. The average molecular weight is 535 g/mol. The van der Waals surface area contributed by atoms with Gasteiger partial charge < -0.3 is 0 Å². The minimum Gasteiger partial charge on any atom is -0.256 e. The molecule has 0 bridgehead atoms. The van der Waals surface area contributed by atoms with Crippen molar-refractivity contribution in [3.63, 3.8) is 0 Å². The molecule has 0 radical (unpaired) electrons. The highest BCUT2D eigenvalue weighted by atomic mass is 14.7. The van der Waals surface area contributed by atoms with Gasteiger partial charge in [-0.25, -0.2) is 4.98 Å². The zero-order chi connectivity index (χ0) is 27.9. The van der Waals surface area contributed by atoms with Crippen molar-refractivity contribution < 1.29 is 0 Å². The molecule has 2 nitrogen and oxygen atoms in total. The van der Waals surface area contributed by atoms with E-state index in [9.17, 15) is 0 Å². The van der Waals surface area contributed by atoms with Crippen LogP contribution in [0.4, 0.5) is 0 Å². The molecule has 0 unspecified atom stereocenters. The highest BCUT2D eigenvalue weighted by Crippen LogP contribution is 2.40. The minimum atomic E-state index is 0.972. The molecule has 2 aromatic heterocycles. The summed E-state index contributed by atoms with van der Waals surface area (Å²) >= 11 is 0. The molecule has 0 fully saturated rings. The first kappa shape index (κ1) is 24.2. The summed E-state index contributed by atoms with van der Waals surface area (Å²) in [6.45, 7) is 0. The summed E-state index contributed by atoms with van der Waals surface area (Å²) < 4.78 is 0. The molecular weight excluding hydrogens is 508 g/mol. The second-order valence-corrected chi connectivity index (χ2v) is 10.6. The van der Waals surface area contributed by atoms with E-state index in [0.717, 1.165) is 44.0 Å². The SMILES string of the molecule is c1ccc(-c2cc(-c3ccc(-c4ccnc5ccccc45)cc3)c3cc(-c4ccccc4)c4ccccc4c3n2)cc1. The van der Waals surface area contributed by atoms with Crippen LogP contribution in [-0.2, 0) is 0 Å². The molecule has 0 aliphatic rings. The van der Waals surface area contributed by atoms with Gasteiger partial charge in [0, 0.05) is 27.9 Å². The van der Waals surface area contributed by atoms with Gasteiger partial charge in [-0.2, -0.15) is 0 Å². The summed E-state index contributed by atoms with van der Waals surface area (Å²) in [6.07, 6.45) is 1.89. The van der Waals surface area contributed by atoms with Crippen LogP contribution >= 0.6 is 0 Å². The summed E-state index contributed by atoms with van der Waals surface area (Å²) in [7, 11) is 0. The van der Waals surface area contributed by atoms with E-state index in [1.165, 1.54) is 33.2 Å². The van der Waals surface area contributed by atoms with Crippen molar-refractivity contribution in [3.8, 4) is 44.6 Å². The number of nitrogens with zero attached hydrogens (tertiary/aromatic N) is 2. The Kier molecular flexibility index (Phi) is 5.82. The van der Waals surface area contributed by atoms with Gasteiger partial charge in [0.15, 0.2) is 0 Å². The third-order valence-corrected chi connectivity index (χ3v) is 8.13. The Bertz CT molecular complexity index is 2210. The standard InChI is InChI=1S/C40H26N2/c1-3-11-27(12-4-1)35-25-37-36(29-21-19-28(20-22-29)31-23-24-41-38-18-10-9-16-33(31)38)26-39(30-13-5-2-6-14-30)42-40(37)34-17-8-7-15-32(34)35/h1-26H. The molecule has 0 N–H and O–H groups in total. The van der Waals surface area contributed by atoms with Gasteiger partial charge in [0.2, 0.25) is 0 Å². The third kappa shape index (κ3) is 4.13. The van der Waals surface area contributed by atoms with Crippen LogP contribution in [0.5, 0.6) is 0 Å². The zero-order valence-electron chi connectivity index (χ0n) is 22.9. The Morgan fingerprint density at radius 1 is 0.357 bits per heavy atom. The van der Waals surface area contributed by atoms with Gasteiger partial charge in [-0.1, -0.05) is 127 Å². The summed E-state index contributed by atoms with van der Waals surface area (Å²) in [6, 6.07) is 53.7. The van der Waals surface area contributed by atoms with Crippen molar-refractivity contribution in [2.45, 2.75) is 0 Å². The molecule has 0 saturated heterocycles. The Hall–Kier alpha value is -5.60. The van der Waals surface area contributed by atoms with Crippen molar-refractivity contribution in [2.24, 2.45) is 0 Å². The first-order chi connectivity index (χ1) is 20.8. The van der Waals surface area contributed by atoms with E-state index in [2.05, 4.69) is 151 Å². The molecule has 0 atom stereocenters. The van der Waals surface area contributed by atoms with Gasteiger partial charge in [0.25, 0.3) is 0 Å². The maximum atomic E-state index is 5.29. The number of hydrogen-bond donors (Lipinski definition) is 0. The molecule has 42 heavy (non-hydrogen) atoms.